The number of nitrogens with one attached hydrogen (secondary N) is 1. The molecule has 0 saturated carbocycles. The van der Waals surface area contributed by atoms with Crippen LogP contribution in [0.5, 0.6) is 0 Å². The summed E-state index contributed by atoms with van der Waals surface area (Å²) in [5.74, 6) is 0.870. The average molecular weight is 348 g/mol. The Kier molecular flexibility index (Phi) is 5.40. The molecule has 0 aromatic carbocycles. The van der Waals surface area contributed by atoms with Crippen LogP contribution in [0.3, 0.4) is 0 Å². The second kappa shape index (κ2) is 7.70. The molecule has 1 fully saturated rings. The van der Waals surface area contributed by atoms with Gasteiger partial charge in [-0.05, 0) is 23.9 Å². The van der Waals surface area contributed by atoms with Crippen molar-refractivity contribution >= 4 is 22.4 Å². The number of urea groups is 1. The van der Waals surface area contributed by atoms with Gasteiger partial charge in [-0.15, -0.1) is 11.3 Å². The van der Waals surface area contributed by atoms with Crippen LogP contribution in [0.4, 0.5) is 9.80 Å². The van der Waals surface area contributed by atoms with E-state index in [1.807, 2.05) is 18.7 Å². The summed E-state index contributed by atoms with van der Waals surface area (Å²) >= 11 is 1.75. The average Bonchev–Trinajstić information content (AvgIpc) is 3.29. The second-order valence-corrected chi connectivity index (χ2v) is 6.75. The van der Waals surface area contributed by atoms with E-state index in [4.69, 9.17) is 4.52 Å². The topological polar surface area (TPSA) is 61.6 Å². The fourth-order valence-corrected chi connectivity index (χ4v) is 3.78. The third-order valence-electron chi connectivity index (χ3n) is 4.41. The van der Waals surface area contributed by atoms with Crippen molar-refractivity contribution in [3.8, 4) is 0 Å². The van der Waals surface area contributed by atoms with Crippen molar-refractivity contribution in [3.63, 3.8) is 0 Å². The Morgan fingerprint density at radius 1 is 1.29 bits per heavy atom. The predicted molar refractivity (Wildman–Crippen MR) is 95.6 cm³/mol. The van der Waals surface area contributed by atoms with E-state index < -0.39 is 0 Å². The molecule has 2 amide bonds. The van der Waals surface area contributed by atoms with Crippen molar-refractivity contribution in [3.05, 3.63) is 34.5 Å². The van der Waals surface area contributed by atoms with Crippen molar-refractivity contribution in [2.24, 2.45) is 0 Å². The predicted octanol–water partition coefficient (Wildman–Crippen LogP) is 2.89. The highest BCUT2D eigenvalue weighted by atomic mass is 32.1. The molecule has 1 aliphatic heterocycles. The lowest BCUT2D eigenvalue weighted by molar-refractivity contribution is 0.194. The highest BCUT2D eigenvalue weighted by Crippen LogP contribution is 2.22. The van der Waals surface area contributed by atoms with E-state index in [-0.39, 0.29) is 6.03 Å². The minimum absolute atomic E-state index is 0.00821. The minimum atomic E-state index is -0.00821. The third kappa shape index (κ3) is 3.56. The van der Waals surface area contributed by atoms with Gasteiger partial charge >= 0.3 is 6.03 Å². The van der Waals surface area contributed by atoms with Gasteiger partial charge in [-0.3, -0.25) is 0 Å². The van der Waals surface area contributed by atoms with Crippen LogP contribution in [0.25, 0.3) is 0 Å². The summed E-state index contributed by atoms with van der Waals surface area (Å²) in [5.41, 5.74) is 1.97. The Bertz CT molecular complexity index is 639. The molecule has 0 aliphatic carbocycles. The highest BCUT2D eigenvalue weighted by Gasteiger charge is 2.22. The van der Waals surface area contributed by atoms with Gasteiger partial charge in [0.1, 0.15) is 5.76 Å². The van der Waals surface area contributed by atoms with Gasteiger partial charge in [0.15, 0.2) is 0 Å². The normalized spacial score (nSPS) is 14.9. The molecule has 0 radical (unpaired) electrons. The Hall–Kier alpha value is -2.02. The van der Waals surface area contributed by atoms with Gasteiger partial charge in [0.2, 0.25) is 0 Å². The molecular formula is C17H24N4O2S. The maximum Gasteiger partial charge on any atom is 0.317 e. The fourth-order valence-electron chi connectivity index (χ4n) is 2.99. The summed E-state index contributed by atoms with van der Waals surface area (Å²) in [6.45, 7) is 7.81. The van der Waals surface area contributed by atoms with E-state index >= 15 is 0 Å². The highest BCUT2D eigenvalue weighted by molar-refractivity contribution is 7.14. The maximum atomic E-state index is 12.4. The lowest BCUT2D eigenvalue weighted by atomic mass is 10.1. The van der Waals surface area contributed by atoms with E-state index in [1.165, 1.54) is 5.00 Å². The number of carbonyl (C=O) groups excluding carboxylic acids is 1. The lowest BCUT2D eigenvalue weighted by Crippen LogP contribution is -2.51. The number of thiophene rings is 1. The molecule has 0 bridgehead atoms. The number of hydrogen-bond donors (Lipinski definition) is 1. The smallest absolute Gasteiger partial charge is 0.317 e. The van der Waals surface area contributed by atoms with Crippen molar-refractivity contribution < 1.29 is 9.32 Å². The summed E-state index contributed by atoms with van der Waals surface area (Å²) in [7, 11) is 0. The standard InChI is InChI=1S/C17H24N4O2S/c1-3-14-13(15(4-2)23-19-14)12-18-17(22)21-9-7-20(8-10-21)16-6-5-11-24-16/h5-6,11H,3-4,7-10,12H2,1-2H3,(H,18,22). The van der Waals surface area contributed by atoms with Crippen molar-refractivity contribution in [2.75, 3.05) is 31.1 Å². The van der Waals surface area contributed by atoms with E-state index in [9.17, 15) is 4.79 Å². The van der Waals surface area contributed by atoms with E-state index in [2.05, 4.69) is 32.9 Å². The molecule has 2 aromatic rings. The molecule has 0 atom stereocenters. The van der Waals surface area contributed by atoms with E-state index in [1.54, 1.807) is 11.3 Å². The first kappa shape index (κ1) is 16.8. The number of carbonyl (C=O) groups is 1. The maximum absolute atomic E-state index is 12.4. The molecule has 7 heteroatoms. The molecule has 1 aliphatic rings. The van der Waals surface area contributed by atoms with Gasteiger partial charge in [-0.1, -0.05) is 19.0 Å². The number of aromatic nitrogens is 1. The summed E-state index contributed by atoms with van der Waals surface area (Å²) in [4.78, 5) is 16.6. The van der Waals surface area contributed by atoms with Gasteiger partial charge < -0.3 is 19.6 Å². The second-order valence-electron chi connectivity index (χ2n) is 5.82. The summed E-state index contributed by atoms with van der Waals surface area (Å²) < 4.78 is 5.35. The fraction of sp³-hybridized carbons (Fsp3) is 0.529. The van der Waals surface area contributed by atoms with Crippen molar-refractivity contribution in [1.82, 2.24) is 15.4 Å². The molecule has 0 unspecified atom stereocenters. The van der Waals surface area contributed by atoms with Crippen LogP contribution in [0, 0.1) is 0 Å². The largest absolute Gasteiger partial charge is 0.361 e. The number of anilines is 1. The number of piperazine rings is 1. The SMILES string of the molecule is CCc1noc(CC)c1CNC(=O)N1CCN(c2cccs2)CC1. The number of amides is 2. The van der Waals surface area contributed by atoms with Gasteiger partial charge in [-0.2, -0.15) is 0 Å². The van der Waals surface area contributed by atoms with Crippen LogP contribution in [-0.2, 0) is 19.4 Å². The molecular weight excluding hydrogens is 324 g/mol. The summed E-state index contributed by atoms with van der Waals surface area (Å²) in [6.07, 6.45) is 1.60. The zero-order chi connectivity index (χ0) is 16.9. The quantitative estimate of drug-likeness (QED) is 0.902. The number of nitrogens with zero attached hydrogens (tertiary/aromatic N) is 3. The van der Waals surface area contributed by atoms with Crippen LogP contribution < -0.4 is 10.2 Å². The third-order valence-corrected chi connectivity index (χ3v) is 5.34. The van der Waals surface area contributed by atoms with Gasteiger partial charge in [0, 0.05) is 44.7 Å². The van der Waals surface area contributed by atoms with Gasteiger partial charge in [0.05, 0.1) is 10.7 Å². The summed E-state index contributed by atoms with van der Waals surface area (Å²) in [6, 6.07) is 4.19. The van der Waals surface area contributed by atoms with Gasteiger partial charge in [-0.25, -0.2) is 4.79 Å². The number of rotatable bonds is 5. The van der Waals surface area contributed by atoms with Crippen LogP contribution in [0.15, 0.2) is 22.0 Å². The lowest BCUT2D eigenvalue weighted by Gasteiger charge is -2.35. The van der Waals surface area contributed by atoms with Crippen molar-refractivity contribution in [1.29, 1.82) is 0 Å². The minimum Gasteiger partial charge on any atom is -0.361 e. The molecule has 130 valence electrons. The molecule has 1 saturated heterocycles. The Morgan fingerprint density at radius 3 is 2.71 bits per heavy atom. The monoisotopic (exact) mass is 348 g/mol. The zero-order valence-electron chi connectivity index (χ0n) is 14.2. The molecule has 0 spiro atoms. The first-order chi connectivity index (χ1) is 11.7. The van der Waals surface area contributed by atoms with Crippen LogP contribution in [0.1, 0.15) is 30.9 Å². The van der Waals surface area contributed by atoms with E-state index in [0.29, 0.717) is 6.54 Å². The van der Waals surface area contributed by atoms with Gasteiger partial charge in [0.25, 0.3) is 0 Å². The molecule has 3 rings (SSSR count). The zero-order valence-corrected chi connectivity index (χ0v) is 15.1. The molecule has 6 nitrogen and oxygen atoms in total. The van der Waals surface area contributed by atoms with Crippen LogP contribution in [-0.4, -0.2) is 42.3 Å². The van der Waals surface area contributed by atoms with Crippen LogP contribution >= 0.6 is 11.3 Å². The van der Waals surface area contributed by atoms with Crippen molar-refractivity contribution in [2.45, 2.75) is 33.2 Å². The Morgan fingerprint density at radius 2 is 2.08 bits per heavy atom. The molecule has 1 N–H and O–H groups in total. The number of hydrogen-bond acceptors (Lipinski definition) is 5. The first-order valence-corrected chi connectivity index (χ1v) is 9.38. The van der Waals surface area contributed by atoms with E-state index in [0.717, 1.165) is 56.0 Å². The Balaban J connectivity index is 1.52. The molecule has 3 heterocycles. The first-order valence-electron chi connectivity index (χ1n) is 8.50. The summed E-state index contributed by atoms with van der Waals surface area (Å²) in [5, 5.41) is 10.5. The molecule has 2 aromatic heterocycles. The van der Waals surface area contributed by atoms with Crippen LogP contribution in [0.2, 0.25) is 0 Å². The Labute approximate surface area is 146 Å². The molecule has 24 heavy (non-hydrogen) atoms. The number of aryl methyl sites for hydroxylation is 2.